The van der Waals surface area contributed by atoms with E-state index in [1.165, 1.54) is 19.2 Å². The van der Waals surface area contributed by atoms with Crippen LogP contribution < -0.4 is 15.2 Å². The molecule has 1 aromatic heterocycles. The van der Waals surface area contributed by atoms with E-state index in [4.69, 9.17) is 4.74 Å². The minimum Gasteiger partial charge on any atom is -0.423 e. The average Bonchev–Trinajstić information content (AvgIpc) is 2.69. The summed E-state index contributed by atoms with van der Waals surface area (Å²) >= 11 is 0. The van der Waals surface area contributed by atoms with E-state index in [1.54, 1.807) is 19.1 Å². The molecule has 2 heterocycles. The number of carbonyl (C=O) groups excluding carboxylic acids is 1. The highest BCUT2D eigenvalue weighted by atomic mass is 19.3. The molecule has 0 radical (unpaired) electrons. The van der Waals surface area contributed by atoms with Crippen molar-refractivity contribution in [1.29, 1.82) is 0 Å². The molecule has 0 saturated heterocycles. The third kappa shape index (κ3) is 3.02. The molecule has 0 bridgehead atoms. The van der Waals surface area contributed by atoms with Crippen molar-refractivity contribution in [3.63, 3.8) is 0 Å². The number of halogens is 3. The van der Waals surface area contributed by atoms with Crippen LogP contribution in [0, 0.1) is 5.82 Å². The van der Waals surface area contributed by atoms with Gasteiger partial charge in [-0.2, -0.15) is 8.78 Å². The van der Waals surface area contributed by atoms with Gasteiger partial charge in [0.05, 0.1) is 23.1 Å². The molecule has 0 unspecified atom stereocenters. The van der Waals surface area contributed by atoms with Crippen molar-refractivity contribution < 1.29 is 22.7 Å². The second-order valence-corrected chi connectivity index (χ2v) is 6.68. The van der Waals surface area contributed by atoms with E-state index < -0.39 is 23.4 Å². The molecule has 2 aromatic carbocycles. The molecule has 29 heavy (non-hydrogen) atoms. The van der Waals surface area contributed by atoms with E-state index >= 15 is 0 Å². The molecule has 1 aliphatic rings. The van der Waals surface area contributed by atoms with Crippen LogP contribution in [0.15, 0.2) is 41.2 Å². The first kappa shape index (κ1) is 19.0. The van der Waals surface area contributed by atoms with Crippen LogP contribution in [0.25, 0.3) is 10.9 Å². The molecular weight excluding hydrogens is 387 g/mol. The highest BCUT2D eigenvalue weighted by Crippen LogP contribution is 2.42. The number of carbonyl (C=O) groups is 1. The van der Waals surface area contributed by atoms with Gasteiger partial charge in [0.25, 0.3) is 5.56 Å². The lowest BCUT2D eigenvalue weighted by molar-refractivity contribution is -0.193. The number of amides is 1. The Morgan fingerprint density at radius 3 is 2.66 bits per heavy atom. The van der Waals surface area contributed by atoms with Gasteiger partial charge in [0.15, 0.2) is 5.75 Å². The quantitative estimate of drug-likeness (QED) is 0.674. The average molecular weight is 403 g/mol. The highest BCUT2D eigenvalue weighted by Gasteiger charge is 2.51. The first-order chi connectivity index (χ1) is 13.7. The molecule has 1 amide bonds. The lowest BCUT2D eigenvalue weighted by Crippen LogP contribution is -2.51. The fourth-order valence-corrected chi connectivity index (χ4v) is 3.35. The summed E-state index contributed by atoms with van der Waals surface area (Å²) in [5, 5.41) is 0.0588. The van der Waals surface area contributed by atoms with Gasteiger partial charge < -0.3 is 4.74 Å². The minimum absolute atomic E-state index is 0.0588. The highest BCUT2D eigenvalue weighted by molar-refractivity contribution is 6.01. The Balaban J connectivity index is 1.86. The lowest BCUT2D eigenvalue weighted by atomic mass is 10.1. The number of rotatable bonds is 3. The lowest BCUT2D eigenvalue weighted by Gasteiger charge is -2.34. The normalized spacial score (nSPS) is 15.3. The maximum atomic E-state index is 14.3. The van der Waals surface area contributed by atoms with Crippen molar-refractivity contribution in [3.8, 4) is 5.75 Å². The molecule has 1 aliphatic heterocycles. The molecular formula is C20H16F3N3O3. The van der Waals surface area contributed by atoms with Crippen LogP contribution in [0.2, 0.25) is 0 Å². The minimum atomic E-state index is -4.04. The molecule has 150 valence electrons. The van der Waals surface area contributed by atoms with E-state index in [1.807, 2.05) is 0 Å². The van der Waals surface area contributed by atoms with E-state index in [-0.39, 0.29) is 34.7 Å². The molecule has 0 fully saturated rings. The number of nitrogens with zero attached hydrogens (tertiary/aromatic N) is 3. The second kappa shape index (κ2) is 6.61. The third-order valence-corrected chi connectivity index (χ3v) is 4.90. The van der Waals surface area contributed by atoms with Crippen LogP contribution in [0.4, 0.5) is 18.9 Å². The fraction of sp³-hybridized carbons (Fsp3) is 0.250. The number of para-hydroxylation sites is 1. The monoisotopic (exact) mass is 403 g/mol. The number of hydrogen-bond acceptors (Lipinski definition) is 4. The summed E-state index contributed by atoms with van der Waals surface area (Å²) in [7, 11) is 1.39. The molecule has 0 aliphatic carbocycles. The van der Waals surface area contributed by atoms with Crippen molar-refractivity contribution >= 4 is 22.5 Å². The van der Waals surface area contributed by atoms with Crippen molar-refractivity contribution in [2.24, 2.45) is 7.05 Å². The first-order valence-corrected chi connectivity index (χ1v) is 8.88. The maximum Gasteiger partial charge on any atom is 0.483 e. The van der Waals surface area contributed by atoms with Gasteiger partial charge in [0.1, 0.15) is 11.6 Å². The predicted octanol–water partition coefficient (Wildman–Crippen LogP) is 3.15. The van der Waals surface area contributed by atoms with Gasteiger partial charge >= 0.3 is 12.0 Å². The fourth-order valence-electron chi connectivity index (χ4n) is 3.35. The standard InChI is InChI=1S/C20H16F3N3O3/c1-3-11-5-4-6-15-17(11)29-20(22,23)19(28)26(15)10-16-24-14-8-7-12(21)9-13(14)18(27)25(16)2/h4-9H,3,10H2,1-2H3. The molecule has 0 atom stereocenters. The second-order valence-electron chi connectivity index (χ2n) is 6.68. The Bertz CT molecular complexity index is 1210. The van der Waals surface area contributed by atoms with E-state index in [0.717, 1.165) is 21.6 Å². The Kier molecular flexibility index (Phi) is 4.33. The number of fused-ring (bicyclic) bond motifs is 2. The Hall–Kier alpha value is -3.36. The van der Waals surface area contributed by atoms with E-state index in [0.29, 0.717) is 12.0 Å². The Morgan fingerprint density at radius 1 is 1.17 bits per heavy atom. The number of aromatic nitrogens is 2. The number of benzene rings is 2. The molecule has 6 nitrogen and oxygen atoms in total. The maximum absolute atomic E-state index is 14.3. The van der Waals surface area contributed by atoms with Crippen LogP contribution in [0.3, 0.4) is 0 Å². The van der Waals surface area contributed by atoms with Gasteiger partial charge in [-0.05, 0) is 36.2 Å². The summed E-state index contributed by atoms with van der Waals surface area (Å²) in [5.41, 5.74) is 0.364. The van der Waals surface area contributed by atoms with Crippen LogP contribution in [0.1, 0.15) is 18.3 Å². The third-order valence-electron chi connectivity index (χ3n) is 4.90. The summed E-state index contributed by atoms with van der Waals surface area (Å²) in [6.07, 6.45) is -3.61. The summed E-state index contributed by atoms with van der Waals surface area (Å²) in [5.74, 6) is -2.14. The predicted molar refractivity (Wildman–Crippen MR) is 99.5 cm³/mol. The summed E-state index contributed by atoms with van der Waals surface area (Å²) in [4.78, 5) is 30.1. The van der Waals surface area contributed by atoms with Crippen molar-refractivity contribution in [2.45, 2.75) is 26.0 Å². The smallest absolute Gasteiger partial charge is 0.423 e. The molecule has 0 spiro atoms. The van der Waals surface area contributed by atoms with Gasteiger partial charge in [-0.1, -0.05) is 19.1 Å². The zero-order chi connectivity index (χ0) is 20.9. The van der Waals surface area contributed by atoms with Crippen molar-refractivity contribution in [3.05, 3.63) is 64.0 Å². The van der Waals surface area contributed by atoms with Crippen LogP contribution in [-0.2, 0) is 24.8 Å². The Morgan fingerprint density at radius 2 is 1.93 bits per heavy atom. The zero-order valence-corrected chi connectivity index (χ0v) is 15.6. The van der Waals surface area contributed by atoms with Crippen molar-refractivity contribution in [2.75, 3.05) is 4.90 Å². The van der Waals surface area contributed by atoms with Gasteiger partial charge in [-0.3, -0.25) is 19.1 Å². The van der Waals surface area contributed by atoms with Gasteiger partial charge in [0, 0.05) is 7.05 Å². The zero-order valence-electron chi connectivity index (χ0n) is 15.6. The number of anilines is 1. The number of alkyl halides is 2. The largest absolute Gasteiger partial charge is 0.483 e. The van der Waals surface area contributed by atoms with Crippen LogP contribution in [0.5, 0.6) is 5.75 Å². The summed E-state index contributed by atoms with van der Waals surface area (Å²) in [6, 6.07) is 8.31. The van der Waals surface area contributed by atoms with Crippen LogP contribution in [-0.4, -0.2) is 21.6 Å². The van der Waals surface area contributed by atoms with Crippen LogP contribution >= 0.6 is 0 Å². The number of hydrogen-bond donors (Lipinski definition) is 0. The van der Waals surface area contributed by atoms with E-state index in [9.17, 15) is 22.8 Å². The van der Waals surface area contributed by atoms with Gasteiger partial charge in [-0.25, -0.2) is 9.37 Å². The first-order valence-electron chi connectivity index (χ1n) is 8.88. The Labute approximate surface area is 163 Å². The molecule has 3 aromatic rings. The number of aryl methyl sites for hydroxylation is 1. The van der Waals surface area contributed by atoms with E-state index in [2.05, 4.69) is 4.98 Å². The SMILES string of the molecule is CCc1cccc2c1OC(F)(F)C(=O)N2Cc1nc2ccc(F)cc2c(=O)n1C. The number of ether oxygens (including phenoxy) is 1. The topological polar surface area (TPSA) is 64.4 Å². The summed E-state index contributed by atoms with van der Waals surface area (Å²) in [6.45, 7) is 1.41. The molecule has 0 N–H and O–H groups in total. The summed E-state index contributed by atoms with van der Waals surface area (Å²) < 4.78 is 47.8. The molecule has 0 saturated carbocycles. The molecule has 9 heteroatoms. The van der Waals surface area contributed by atoms with Gasteiger partial charge in [0.2, 0.25) is 0 Å². The van der Waals surface area contributed by atoms with Crippen molar-refractivity contribution in [1.82, 2.24) is 9.55 Å². The van der Waals surface area contributed by atoms with Gasteiger partial charge in [-0.15, -0.1) is 0 Å². The molecule has 4 rings (SSSR count).